The summed E-state index contributed by atoms with van der Waals surface area (Å²) in [5.74, 6) is 0.246. The van der Waals surface area contributed by atoms with Crippen LogP contribution in [0.5, 0.6) is 0 Å². The molecule has 1 saturated carbocycles. The summed E-state index contributed by atoms with van der Waals surface area (Å²) in [6.07, 6.45) is 12.6. The average molecular weight is 493 g/mol. The number of ketones is 1. The Kier molecular flexibility index (Phi) is 7.04. The molecule has 3 heterocycles. The van der Waals surface area contributed by atoms with Crippen molar-refractivity contribution in [1.82, 2.24) is 19.5 Å². The molecule has 1 amide bonds. The van der Waals surface area contributed by atoms with Crippen molar-refractivity contribution < 1.29 is 9.59 Å². The van der Waals surface area contributed by atoms with Gasteiger partial charge in [0.05, 0.1) is 11.6 Å². The Hall–Kier alpha value is -4.38. The highest BCUT2D eigenvalue weighted by molar-refractivity contribution is 6.04. The maximum atomic E-state index is 13.0. The molecule has 0 bridgehead atoms. The van der Waals surface area contributed by atoms with Crippen LogP contribution in [0.4, 0.5) is 5.69 Å². The predicted octanol–water partition coefficient (Wildman–Crippen LogP) is 5.42. The van der Waals surface area contributed by atoms with Crippen molar-refractivity contribution in [3.63, 3.8) is 0 Å². The first kappa shape index (κ1) is 24.3. The van der Waals surface area contributed by atoms with Crippen LogP contribution in [0.25, 0.3) is 10.9 Å². The van der Waals surface area contributed by atoms with Crippen LogP contribution in [0.2, 0.25) is 0 Å². The van der Waals surface area contributed by atoms with Gasteiger partial charge in [0.2, 0.25) is 5.78 Å². The molecule has 2 unspecified atom stereocenters. The molecule has 0 saturated heterocycles. The third-order valence-corrected chi connectivity index (χ3v) is 7.22. The Bertz CT molecular complexity index is 1490. The fourth-order valence-electron chi connectivity index (χ4n) is 5.30. The summed E-state index contributed by atoms with van der Waals surface area (Å²) in [5, 5.41) is 13.1. The number of amides is 1. The van der Waals surface area contributed by atoms with Gasteiger partial charge in [0.1, 0.15) is 5.69 Å². The molecule has 1 aromatic carbocycles. The SMILES string of the molecule is Cn1cc(C2CCCCC(C(=O)c3ncccn3)CC2)c2cc(NC(=O)c3cc(C#N)ccn3)ccc21. The van der Waals surface area contributed by atoms with Crippen molar-refractivity contribution >= 4 is 28.3 Å². The standard InChI is InChI=1S/C29H28N6O2/c1-35-18-24(20-5-2-3-6-21(8-7-20)27(36)28-32-12-4-13-33-28)23-16-22(9-10-26(23)35)34-29(37)25-15-19(17-30)11-14-31-25/h4,9-16,18,20-21H,2-3,5-8H2,1H3,(H,34,37). The van der Waals surface area contributed by atoms with E-state index in [1.165, 1.54) is 17.8 Å². The topological polar surface area (TPSA) is 114 Å². The van der Waals surface area contributed by atoms with E-state index >= 15 is 0 Å². The number of aromatic nitrogens is 4. The molecule has 1 N–H and O–H groups in total. The molecular formula is C29H28N6O2. The van der Waals surface area contributed by atoms with Crippen LogP contribution in [0.3, 0.4) is 0 Å². The summed E-state index contributed by atoms with van der Waals surface area (Å²) in [4.78, 5) is 38.3. The van der Waals surface area contributed by atoms with E-state index in [1.54, 1.807) is 24.5 Å². The highest BCUT2D eigenvalue weighted by Gasteiger charge is 2.27. The van der Waals surface area contributed by atoms with Gasteiger partial charge in [0.15, 0.2) is 5.82 Å². The zero-order chi connectivity index (χ0) is 25.8. The van der Waals surface area contributed by atoms with E-state index < -0.39 is 0 Å². The van der Waals surface area contributed by atoms with E-state index in [1.807, 2.05) is 31.3 Å². The minimum Gasteiger partial charge on any atom is -0.350 e. The van der Waals surface area contributed by atoms with E-state index in [4.69, 9.17) is 5.26 Å². The Morgan fingerprint density at radius 2 is 1.81 bits per heavy atom. The molecule has 4 aromatic rings. The highest BCUT2D eigenvalue weighted by atomic mass is 16.2. The van der Waals surface area contributed by atoms with Crippen molar-refractivity contribution in [2.45, 2.75) is 44.4 Å². The Balaban J connectivity index is 1.37. The number of anilines is 1. The quantitative estimate of drug-likeness (QED) is 0.372. The van der Waals surface area contributed by atoms with E-state index in [0.717, 1.165) is 49.4 Å². The lowest BCUT2D eigenvalue weighted by atomic mass is 9.80. The first-order valence-corrected chi connectivity index (χ1v) is 12.6. The van der Waals surface area contributed by atoms with Crippen LogP contribution in [-0.2, 0) is 7.05 Å². The fourth-order valence-corrected chi connectivity index (χ4v) is 5.30. The fraction of sp³-hybridized carbons (Fsp3) is 0.310. The van der Waals surface area contributed by atoms with Gasteiger partial charge in [-0.2, -0.15) is 5.26 Å². The Labute approximate surface area is 215 Å². The van der Waals surface area contributed by atoms with Crippen molar-refractivity contribution in [2.24, 2.45) is 13.0 Å². The number of fused-ring (bicyclic) bond motifs is 1. The number of rotatable bonds is 5. The smallest absolute Gasteiger partial charge is 0.274 e. The van der Waals surface area contributed by atoms with Gasteiger partial charge in [-0.05, 0) is 73.6 Å². The van der Waals surface area contributed by atoms with Crippen molar-refractivity contribution in [2.75, 3.05) is 5.32 Å². The van der Waals surface area contributed by atoms with Gasteiger partial charge in [-0.1, -0.05) is 12.8 Å². The molecular weight excluding hydrogens is 464 g/mol. The third kappa shape index (κ3) is 5.26. The molecule has 186 valence electrons. The van der Waals surface area contributed by atoms with Crippen LogP contribution < -0.4 is 5.32 Å². The third-order valence-electron chi connectivity index (χ3n) is 7.22. The summed E-state index contributed by atoms with van der Waals surface area (Å²) in [6, 6.07) is 12.7. The van der Waals surface area contributed by atoms with Gasteiger partial charge in [0.25, 0.3) is 5.91 Å². The molecule has 1 aliphatic carbocycles. The van der Waals surface area contributed by atoms with E-state index in [2.05, 4.69) is 31.0 Å². The first-order valence-electron chi connectivity index (χ1n) is 12.6. The molecule has 0 aliphatic heterocycles. The van der Waals surface area contributed by atoms with Crippen LogP contribution in [0.1, 0.15) is 76.7 Å². The minimum absolute atomic E-state index is 0.0400. The average Bonchev–Trinajstić information content (AvgIpc) is 3.24. The number of hydrogen-bond acceptors (Lipinski definition) is 6. The summed E-state index contributed by atoms with van der Waals surface area (Å²) in [5.41, 5.74) is 3.59. The lowest BCUT2D eigenvalue weighted by Gasteiger charge is -2.24. The van der Waals surface area contributed by atoms with Crippen LogP contribution in [0, 0.1) is 17.2 Å². The minimum atomic E-state index is -0.357. The highest BCUT2D eigenvalue weighted by Crippen LogP contribution is 2.38. The summed E-state index contributed by atoms with van der Waals surface area (Å²) in [7, 11) is 2.03. The number of benzene rings is 1. The van der Waals surface area contributed by atoms with Crippen molar-refractivity contribution in [1.29, 1.82) is 5.26 Å². The summed E-state index contributed by atoms with van der Waals surface area (Å²) < 4.78 is 2.12. The van der Waals surface area contributed by atoms with E-state index in [9.17, 15) is 9.59 Å². The van der Waals surface area contributed by atoms with Crippen molar-refractivity contribution in [3.8, 4) is 6.07 Å². The van der Waals surface area contributed by atoms with Gasteiger partial charge in [0, 0.05) is 54.3 Å². The molecule has 8 nitrogen and oxygen atoms in total. The second kappa shape index (κ2) is 10.7. The van der Waals surface area contributed by atoms with E-state index in [-0.39, 0.29) is 23.3 Å². The molecule has 1 aliphatic rings. The van der Waals surface area contributed by atoms with Gasteiger partial charge in [-0.25, -0.2) is 9.97 Å². The Morgan fingerprint density at radius 3 is 2.62 bits per heavy atom. The number of carbonyl (C=O) groups excluding carboxylic acids is 2. The van der Waals surface area contributed by atoms with Crippen LogP contribution in [-0.4, -0.2) is 31.2 Å². The molecule has 37 heavy (non-hydrogen) atoms. The van der Waals surface area contributed by atoms with Crippen molar-refractivity contribution in [3.05, 3.63) is 83.8 Å². The summed E-state index contributed by atoms with van der Waals surface area (Å²) in [6.45, 7) is 0. The number of nitriles is 1. The monoisotopic (exact) mass is 492 g/mol. The van der Waals surface area contributed by atoms with Gasteiger partial charge in [-0.15, -0.1) is 0 Å². The maximum Gasteiger partial charge on any atom is 0.274 e. The predicted molar refractivity (Wildman–Crippen MR) is 140 cm³/mol. The number of aryl methyl sites for hydroxylation is 1. The molecule has 1 fully saturated rings. The lowest BCUT2D eigenvalue weighted by Crippen LogP contribution is -2.20. The number of hydrogen-bond donors (Lipinski definition) is 1. The normalized spacial score (nSPS) is 17.9. The van der Waals surface area contributed by atoms with Crippen LogP contribution >= 0.6 is 0 Å². The number of carbonyl (C=O) groups is 2. The van der Waals surface area contributed by atoms with Gasteiger partial charge < -0.3 is 9.88 Å². The largest absolute Gasteiger partial charge is 0.350 e. The molecule has 8 heteroatoms. The Morgan fingerprint density at radius 1 is 1.00 bits per heavy atom. The van der Waals surface area contributed by atoms with E-state index in [0.29, 0.717) is 23.0 Å². The zero-order valence-corrected chi connectivity index (χ0v) is 20.7. The molecule has 0 radical (unpaired) electrons. The maximum absolute atomic E-state index is 13.0. The number of nitrogens with zero attached hydrogens (tertiary/aromatic N) is 5. The molecule has 2 atom stereocenters. The summed E-state index contributed by atoms with van der Waals surface area (Å²) >= 11 is 0. The first-order chi connectivity index (χ1) is 18.0. The molecule has 5 rings (SSSR count). The van der Waals surface area contributed by atoms with Gasteiger partial charge in [-0.3, -0.25) is 14.6 Å². The number of Topliss-reactive ketones (excluding diaryl/α,β-unsaturated/α-hetero) is 1. The van der Waals surface area contributed by atoms with Crippen LogP contribution in [0.15, 0.2) is 61.2 Å². The molecule has 3 aromatic heterocycles. The lowest BCUT2D eigenvalue weighted by molar-refractivity contribution is 0.0885. The van der Waals surface area contributed by atoms with Gasteiger partial charge >= 0.3 is 0 Å². The second-order valence-corrected chi connectivity index (χ2v) is 9.62. The molecule has 0 spiro atoms. The zero-order valence-electron chi connectivity index (χ0n) is 20.7. The number of nitrogens with one attached hydrogen (secondary N) is 1. The number of pyridine rings is 1. The second-order valence-electron chi connectivity index (χ2n) is 9.62.